The van der Waals surface area contributed by atoms with Gasteiger partial charge in [0.15, 0.2) is 5.82 Å². The van der Waals surface area contributed by atoms with Gasteiger partial charge in [0.1, 0.15) is 5.02 Å². The molecule has 2 aromatic heterocycles. The summed E-state index contributed by atoms with van der Waals surface area (Å²) in [7, 11) is 1.74. The lowest BCUT2D eigenvalue weighted by Gasteiger charge is -2.23. The van der Waals surface area contributed by atoms with E-state index in [-0.39, 0.29) is 18.3 Å². The normalized spacial score (nSPS) is 16.8. The van der Waals surface area contributed by atoms with E-state index in [1.165, 1.54) is 0 Å². The Labute approximate surface area is 191 Å². The van der Waals surface area contributed by atoms with Gasteiger partial charge in [-0.05, 0) is 51.3 Å². The van der Waals surface area contributed by atoms with Crippen molar-refractivity contribution in [2.45, 2.75) is 51.3 Å². The van der Waals surface area contributed by atoms with E-state index >= 15 is 0 Å². The van der Waals surface area contributed by atoms with Gasteiger partial charge in [0, 0.05) is 25.8 Å². The molecular weight excluding hydrogens is 432 g/mol. The number of imidazole rings is 1. The highest BCUT2D eigenvalue weighted by Crippen LogP contribution is 2.29. The van der Waals surface area contributed by atoms with Gasteiger partial charge in [-0.25, -0.2) is 9.78 Å². The van der Waals surface area contributed by atoms with Crippen LogP contribution in [0.3, 0.4) is 0 Å². The number of rotatable bonds is 7. The molecule has 4 rings (SSSR count). The maximum Gasteiger partial charge on any atom is 0.328 e. The number of aliphatic hydroxyl groups is 2. The number of benzene rings is 1. The van der Waals surface area contributed by atoms with E-state index in [9.17, 15) is 15.0 Å². The summed E-state index contributed by atoms with van der Waals surface area (Å²) in [5.41, 5.74) is 1.29. The van der Waals surface area contributed by atoms with Crippen LogP contribution in [-0.2, 0) is 13.6 Å². The number of aliphatic hydroxyl groups excluding tert-OH is 1. The first kappa shape index (κ1) is 22.6. The van der Waals surface area contributed by atoms with Gasteiger partial charge < -0.3 is 20.4 Å². The summed E-state index contributed by atoms with van der Waals surface area (Å²) in [6.45, 7) is 4.70. The molecule has 172 valence electrons. The number of anilines is 3. The lowest BCUT2D eigenvalue weighted by atomic mass is 10.1. The van der Waals surface area contributed by atoms with Gasteiger partial charge in [-0.15, -0.1) is 0 Å². The second-order valence-corrected chi connectivity index (χ2v) is 9.33. The van der Waals surface area contributed by atoms with Crippen molar-refractivity contribution in [1.82, 2.24) is 19.1 Å². The summed E-state index contributed by atoms with van der Waals surface area (Å²) in [4.78, 5) is 23.7. The number of hydrogen-bond acceptors (Lipinski definition) is 7. The average Bonchev–Trinajstić information content (AvgIpc) is 3.31. The quantitative estimate of drug-likeness (QED) is 0.497. The van der Waals surface area contributed by atoms with E-state index in [2.05, 4.69) is 15.3 Å². The molecule has 3 aromatic rings. The number of hydrogen-bond donors (Lipinski definition) is 3. The number of aryl methyl sites for hydroxylation is 2. The third kappa shape index (κ3) is 4.46. The summed E-state index contributed by atoms with van der Waals surface area (Å²) in [5, 5.41) is 23.3. The Morgan fingerprint density at radius 3 is 2.81 bits per heavy atom. The highest BCUT2D eigenvalue weighted by atomic mass is 35.5. The van der Waals surface area contributed by atoms with Crippen molar-refractivity contribution in [3.8, 4) is 0 Å². The van der Waals surface area contributed by atoms with Crippen LogP contribution in [-0.4, -0.2) is 54.1 Å². The smallest absolute Gasteiger partial charge is 0.328 e. The first-order valence-electron chi connectivity index (χ1n) is 10.8. The number of nitrogens with one attached hydrogen (secondary N) is 1. The van der Waals surface area contributed by atoms with Gasteiger partial charge in [-0.1, -0.05) is 11.6 Å². The number of fused-ring (bicyclic) bond motifs is 1. The molecule has 0 spiro atoms. The van der Waals surface area contributed by atoms with Crippen molar-refractivity contribution in [3.05, 3.63) is 39.9 Å². The molecule has 0 bridgehead atoms. The van der Waals surface area contributed by atoms with Crippen molar-refractivity contribution in [2.24, 2.45) is 7.05 Å². The molecule has 1 aliphatic rings. The fraction of sp³-hybridized carbons (Fsp3) is 0.500. The molecule has 3 heterocycles. The molecule has 1 atom stereocenters. The Bertz CT molecular complexity index is 1180. The second kappa shape index (κ2) is 8.73. The molecule has 32 heavy (non-hydrogen) atoms. The molecule has 1 aromatic carbocycles. The maximum absolute atomic E-state index is 12.7. The van der Waals surface area contributed by atoms with Gasteiger partial charge in [0.2, 0.25) is 5.95 Å². The monoisotopic (exact) mass is 460 g/mol. The van der Waals surface area contributed by atoms with E-state index in [1.807, 2.05) is 23.1 Å². The largest absolute Gasteiger partial charge is 0.394 e. The number of nitrogens with zero attached hydrogens (tertiary/aromatic N) is 5. The number of aromatic nitrogens is 4. The predicted octanol–water partition coefficient (Wildman–Crippen LogP) is 2.65. The Balaban J connectivity index is 1.66. The van der Waals surface area contributed by atoms with Crippen LogP contribution in [0.2, 0.25) is 5.02 Å². The third-order valence-corrected chi connectivity index (χ3v) is 6.21. The third-order valence-electron chi connectivity index (χ3n) is 5.93. The van der Waals surface area contributed by atoms with Crippen LogP contribution < -0.4 is 15.9 Å². The summed E-state index contributed by atoms with van der Waals surface area (Å²) < 4.78 is 3.27. The van der Waals surface area contributed by atoms with E-state index in [1.54, 1.807) is 36.2 Å². The van der Waals surface area contributed by atoms with Crippen LogP contribution >= 0.6 is 11.6 Å². The molecule has 1 fully saturated rings. The van der Waals surface area contributed by atoms with Crippen LogP contribution in [0.5, 0.6) is 0 Å². The van der Waals surface area contributed by atoms with Crippen LogP contribution in [0, 0.1) is 0 Å². The molecule has 0 saturated carbocycles. The summed E-state index contributed by atoms with van der Waals surface area (Å²) >= 11 is 6.36. The minimum atomic E-state index is -0.871. The highest BCUT2D eigenvalue weighted by Gasteiger charge is 2.26. The van der Waals surface area contributed by atoms with Gasteiger partial charge in [0.05, 0.1) is 35.5 Å². The minimum Gasteiger partial charge on any atom is -0.394 e. The van der Waals surface area contributed by atoms with Crippen molar-refractivity contribution in [3.63, 3.8) is 0 Å². The van der Waals surface area contributed by atoms with Gasteiger partial charge in [-0.2, -0.15) is 4.98 Å². The fourth-order valence-electron chi connectivity index (χ4n) is 4.10. The highest BCUT2D eigenvalue weighted by molar-refractivity contribution is 6.32. The minimum absolute atomic E-state index is 0.00917. The van der Waals surface area contributed by atoms with E-state index in [0.29, 0.717) is 29.8 Å². The zero-order valence-electron chi connectivity index (χ0n) is 18.5. The summed E-state index contributed by atoms with van der Waals surface area (Å²) in [6.07, 6.45) is 3.89. The molecule has 10 heteroatoms. The molecule has 3 N–H and O–H groups in total. The van der Waals surface area contributed by atoms with Crippen LogP contribution in [0.4, 0.5) is 17.5 Å². The van der Waals surface area contributed by atoms with Gasteiger partial charge in [-0.3, -0.25) is 9.13 Å². The predicted molar refractivity (Wildman–Crippen MR) is 126 cm³/mol. The van der Waals surface area contributed by atoms with E-state index in [4.69, 9.17) is 11.6 Å². The molecule has 1 aliphatic heterocycles. The molecule has 0 aliphatic carbocycles. The Morgan fingerprint density at radius 1 is 1.31 bits per heavy atom. The first-order valence-corrected chi connectivity index (χ1v) is 11.1. The molecule has 0 radical (unpaired) electrons. The zero-order chi connectivity index (χ0) is 23.0. The Hall–Kier alpha value is -2.62. The molecule has 9 nitrogen and oxygen atoms in total. The van der Waals surface area contributed by atoms with Crippen molar-refractivity contribution in [2.75, 3.05) is 23.4 Å². The summed E-state index contributed by atoms with van der Waals surface area (Å²) in [5.74, 6) is 0.984. The van der Waals surface area contributed by atoms with Crippen molar-refractivity contribution < 1.29 is 10.2 Å². The Morgan fingerprint density at radius 2 is 2.09 bits per heavy atom. The zero-order valence-corrected chi connectivity index (χ0v) is 19.3. The lowest BCUT2D eigenvalue weighted by Crippen LogP contribution is -2.33. The maximum atomic E-state index is 12.7. The molecule has 0 unspecified atom stereocenters. The lowest BCUT2D eigenvalue weighted by molar-refractivity contribution is 0.0662. The SMILES string of the molecule is Cn1c(=O)n(CCC(C)(C)O)c2cc(Nc3nc(N4CCC[C@H]4CO)ncc3Cl)ccc21. The van der Waals surface area contributed by atoms with Crippen LogP contribution in [0.15, 0.2) is 29.2 Å². The fourth-order valence-corrected chi connectivity index (χ4v) is 4.24. The van der Waals surface area contributed by atoms with E-state index in [0.717, 1.165) is 36.1 Å². The van der Waals surface area contributed by atoms with Gasteiger partial charge in [0.25, 0.3) is 0 Å². The standard InChI is InChI=1S/C22H29ClN6O3/c1-22(2,32)8-10-29-18-11-14(6-7-17(18)27(3)21(29)31)25-19-16(23)12-24-20(26-19)28-9-4-5-15(28)13-30/h6-7,11-12,15,30,32H,4-5,8-10,13H2,1-3H3,(H,24,25,26)/t15-/m0/s1. The molecule has 1 saturated heterocycles. The van der Waals surface area contributed by atoms with Crippen molar-refractivity contribution >= 4 is 40.1 Å². The molecular formula is C22H29ClN6O3. The first-order chi connectivity index (χ1) is 15.2. The van der Waals surface area contributed by atoms with E-state index < -0.39 is 5.60 Å². The summed E-state index contributed by atoms with van der Waals surface area (Å²) in [6, 6.07) is 5.63. The molecule has 0 amide bonds. The second-order valence-electron chi connectivity index (χ2n) is 8.92. The average molecular weight is 461 g/mol. The number of halogens is 1. The van der Waals surface area contributed by atoms with Gasteiger partial charge >= 0.3 is 5.69 Å². The van der Waals surface area contributed by atoms with Crippen molar-refractivity contribution in [1.29, 1.82) is 0 Å². The topological polar surface area (TPSA) is 108 Å². The Kier molecular flexibility index (Phi) is 6.15. The van der Waals surface area contributed by atoms with Crippen LogP contribution in [0.25, 0.3) is 11.0 Å². The van der Waals surface area contributed by atoms with Crippen LogP contribution in [0.1, 0.15) is 33.1 Å².